The highest BCUT2D eigenvalue weighted by atomic mass is 16.5. The number of methoxy groups -OCH3 is 1. The second kappa shape index (κ2) is 9.87. The van der Waals surface area contributed by atoms with Gasteiger partial charge in [-0.15, -0.1) is 0 Å². The molecule has 0 bridgehead atoms. The van der Waals surface area contributed by atoms with E-state index in [0.717, 1.165) is 24.2 Å². The van der Waals surface area contributed by atoms with Gasteiger partial charge in [-0.25, -0.2) is 0 Å². The third-order valence-electron chi connectivity index (χ3n) is 4.49. The number of ether oxygens (including phenoxy) is 1. The number of carbonyl (C=O) groups is 2. The topological polar surface area (TPSA) is 58.6 Å². The minimum Gasteiger partial charge on any atom is -0.497 e. The lowest BCUT2D eigenvalue weighted by Gasteiger charge is -2.19. The van der Waals surface area contributed by atoms with Gasteiger partial charge in [-0.2, -0.15) is 0 Å². The Balaban J connectivity index is 1.82. The summed E-state index contributed by atoms with van der Waals surface area (Å²) in [5.74, 6) is 0.460. The van der Waals surface area contributed by atoms with Crippen molar-refractivity contribution in [1.82, 2.24) is 10.2 Å². The molecule has 1 N–H and O–H groups in total. The van der Waals surface area contributed by atoms with Crippen molar-refractivity contribution in [3.8, 4) is 5.75 Å². The molecular formula is C20H28N2O3. The van der Waals surface area contributed by atoms with Gasteiger partial charge < -0.3 is 15.0 Å². The molecule has 0 spiro atoms. The highest BCUT2D eigenvalue weighted by Crippen LogP contribution is 2.17. The number of nitrogens with zero attached hydrogens (tertiary/aromatic N) is 1. The van der Waals surface area contributed by atoms with E-state index in [1.807, 2.05) is 24.3 Å². The maximum atomic E-state index is 12.2. The summed E-state index contributed by atoms with van der Waals surface area (Å²) in [6.45, 7) is 0.0811. The number of rotatable bonds is 6. The molecule has 25 heavy (non-hydrogen) atoms. The highest BCUT2D eigenvalue weighted by molar-refractivity contribution is 5.94. The molecule has 5 nitrogen and oxygen atoms in total. The van der Waals surface area contributed by atoms with E-state index in [1.54, 1.807) is 20.2 Å². The van der Waals surface area contributed by atoms with Crippen molar-refractivity contribution in [1.29, 1.82) is 0 Å². The van der Waals surface area contributed by atoms with Gasteiger partial charge in [-0.3, -0.25) is 9.59 Å². The zero-order chi connectivity index (χ0) is 18.1. The van der Waals surface area contributed by atoms with Crippen LogP contribution in [0.15, 0.2) is 30.3 Å². The summed E-state index contributed by atoms with van der Waals surface area (Å²) in [6.07, 6.45) is 10.1. The quantitative estimate of drug-likeness (QED) is 0.637. The van der Waals surface area contributed by atoms with E-state index in [4.69, 9.17) is 4.74 Å². The second-order valence-electron chi connectivity index (χ2n) is 6.56. The van der Waals surface area contributed by atoms with E-state index >= 15 is 0 Å². The van der Waals surface area contributed by atoms with Crippen molar-refractivity contribution < 1.29 is 14.3 Å². The molecule has 1 fully saturated rings. The van der Waals surface area contributed by atoms with Crippen molar-refractivity contribution in [3.05, 3.63) is 35.9 Å². The van der Waals surface area contributed by atoms with Gasteiger partial charge in [0.1, 0.15) is 5.75 Å². The van der Waals surface area contributed by atoms with Gasteiger partial charge in [-0.1, -0.05) is 37.8 Å². The standard InChI is InChI=1S/C20H28N2O3/c1-22(15-19(23)21-17-9-5-3-4-6-10-17)20(24)13-12-16-8-7-11-18(14-16)25-2/h7-8,11-14,17H,3-6,9-10,15H2,1-2H3,(H,21,23)/b13-12+. The van der Waals surface area contributed by atoms with Crippen LogP contribution in [0, 0.1) is 0 Å². The van der Waals surface area contributed by atoms with Gasteiger partial charge in [0.25, 0.3) is 0 Å². The van der Waals surface area contributed by atoms with E-state index in [1.165, 1.54) is 36.7 Å². The van der Waals surface area contributed by atoms with Gasteiger partial charge in [-0.05, 0) is 36.6 Å². The molecule has 1 aromatic rings. The molecule has 0 atom stereocenters. The number of amides is 2. The lowest BCUT2D eigenvalue weighted by atomic mass is 10.1. The lowest BCUT2D eigenvalue weighted by molar-refractivity contribution is -0.131. The molecule has 2 rings (SSSR count). The van der Waals surface area contributed by atoms with Gasteiger partial charge in [0.2, 0.25) is 11.8 Å². The van der Waals surface area contributed by atoms with Gasteiger partial charge in [0, 0.05) is 19.2 Å². The van der Waals surface area contributed by atoms with Crippen molar-refractivity contribution in [2.45, 2.75) is 44.6 Å². The van der Waals surface area contributed by atoms with Crippen LogP contribution >= 0.6 is 0 Å². The highest BCUT2D eigenvalue weighted by Gasteiger charge is 2.16. The molecule has 0 unspecified atom stereocenters. The fourth-order valence-corrected chi connectivity index (χ4v) is 3.03. The maximum absolute atomic E-state index is 12.2. The Bertz CT molecular complexity index is 605. The molecule has 0 aromatic heterocycles. The Morgan fingerprint density at radius 1 is 1.24 bits per heavy atom. The summed E-state index contributed by atoms with van der Waals surface area (Å²) in [7, 11) is 3.25. The third-order valence-corrected chi connectivity index (χ3v) is 4.49. The Morgan fingerprint density at radius 3 is 2.64 bits per heavy atom. The Kier molecular flexibility index (Phi) is 7.51. The van der Waals surface area contributed by atoms with Crippen LogP contribution in [0.1, 0.15) is 44.1 Å². The summed E-state index contributed by atoms with van der Waals surface area (Å²) >= 11 is 0. The molecule has 2 amide bonds. The smallest absolute Gasteiger partial charge is 0.246 e. The monoisotopic (exact) mass is 344 g/mol. The SMILES string of the molecule is COc1cccc(/C=C/C(=O)N(C)CC(=O)NC2CCCCCC2)c1. The average Bonchev–Trinajstić information content (AvgIpc) is 2.88. The average molecular weight is 344 g/mol. The molecular weight excluding hydrogens is 316 g/mol. The fourth-order valence-electron chi connectivity index (χ4n) is 3.03. The molecule has 0 aliphatic heterocycles. The predicted molar refractivity (Wildman–Crippen MR) is 99.3 cm³/mol. The van der Waals surface area contributed by atoms with Crippen LogP contribution in [0.4, 0.5) is 0 Å². The van der Waals surface area contributed by atoms with Crippen LogP contribution in [-0.4, -0.2) is 43.5 Å². The van der Waals surface area contributed by atoms with Crippen molar-refractivity contribution in [2.24, 2.45) is 0 Å². The van der Waals surface area contributed by atoms with Gasteiger partial charge in [0.05, 0.1) is 13.7 Å². The molecule has 1 saturated carbocycles. The van der Waals surface area contributed by atoms with Gasteiger partial charge >= 0.3 is 0 Å². The third kappa shape index (κ3) is 6.61. The minimum atomic E-state index is -0.196. The Hall–Kier alpha value is -2.30. The minimum absolute atomic E-state index is 0.0811. The van der Waals surface area contributed by atoms with E-state index in [0.29, 0.717) is 0 Å². The molecule has 5 heteroatoms. The predicted octanol–water partition coefficient (Wildman–Crippen LogP) is 3.01. The normalized spacial score (nSPS) is 15.6. The molecule has 136 valence electrons. The largest absolute Gasteiger partial charge is 0.497 e. The van der Waals surface area contributed by atoms with E-state index < -0.39 is 0 Å². The van der Waals surface area contributed by atoms with Crippen LogP contribution in [0.25, 0.3) is 6.08 Å². The number of nitrogens with one attached hydrogen (secondary N) is 1. The van der Waals surface area contributed by atoms with E-state index in [2.05, 4.69) is 5.32 Å². The lowest BCUT2D eigenvalue weighted by Crippen LogP contribution is -2.42. The summed E-state index contributed by atoms with van der Waals surface area (Å²) in [6, 6.07) is 7.72. The number of carbonyl (C=O) groups excluding carboxylic acids is 2. The summed E-state index contributed by atoms with van der Waals surface area (Å²) < 4.78 is 5.16. The number of benzene rings is 1. The fraction of sp³-hybridized carbons (Fsp3) is 0.500. The first-order valence-corrected chi connectivity index (χ1v) is 8.95. The van der Waals surface area contributed by atoms with Gasteiger partial charge in [0.15, 0.2) is 0 Å². The van der Waals surface area contributed by atoms with Crippen LogP contribution in [0.5, 0.6) is 5.75 Å². The first-order valence-electron chi connectivity index (χ1n) is 8.95. The maximum Gasteiger partial charge on any atom is 0.246 e. The molecule has 0 saturated heterocycles. The zero-order valence-corrected chi connectivity index (χ0v) is 15.2. The molecule has 0 heterocycles. The second-order valence-corrected chi connectivity index (χ2v) is 6.56. The Labute approximate surface area is 150 Å². The van der Waals surface area contributed by atoms with Crippen LogP contribution in [0.2, 0.25) is 0 Å². The van der Waals surface area contributed by atoms with Crippen molar-refractivity contribution in [2.75, 3.05) is 20.7 Å². The summed E-state index contributed by atoms with van der Waals surface area (Å²) in [5, 5.41) is 3.06. The molecule has 1 aromatic carbocycles. The Morgan fingerprint density at radius 2 is 1.96 bits per heavy atom. The first kappa shape index (κ1) is 19.0. The van der Waals surface area contributed by atoms with Crippen molar-refractivity contribution >= 4 is 17.9 Å². The number of hydrogen-bond donors (Lipinski definition) is 1. The van der Waals surface area contributed by atoms with Crippen LogP contribution < -0.4 is 10.1 Å². The molecule has 0 radical (unpaired) electrons. The number of likely N-dealkylation sites (N-methyl/N-ethyl adjacent to an activating group) is 1. The van der Waals surface area contributed by atoms with Crippen LogP contribution in [-0.2, 0) is 9.59 Å². The first-order chi connectivity index (χ1) is 12.1. The van der Waals surface area contributed by atoms with E-state index in [-0.39, 0.29) is 24.4 Å². The van der Waals surface area contributed by atoms with Crippen LogP contribution in [0.3, 0.4) is 0 Å². The molecule has 1 aliphatic carbocycles. The van der Waals surface area contributed by atoms with Crippen molar-refractivity contribution in [3.63, 3.8) is 0 Å². The summed E-state index contributed by atoms with van der Waals surface area (Å²) in [5.41, 5.74) is 0.879. The summed E-state index contributed by atoms with van der Waals surface area (Å²) in [4.78, 5) is 25.8. The van der Waals surface area contributed by atoms with E-state index in [9.17, 15) is 9.59 Å². The zero-order valence-electron chi connectivity index (χ0n) is 15.2. The molecule has 1 aliphatic rings. The number of hydrogen-bond acceptors (Lipinski definition) is 3.